The minimum Gasteiger partial charge on any atom is -0.493 e. The highest BCUT2D eigenvalue weighted by Crippen LogP contribution is 2.39. The Labute approximate surface area is 141 Å². The van der Waals surface area contributed by atoms with Gasteiger partial charge in [0.25, 0.3) is 0 Å². The van der Waals surface area contributed by atoms with Crippen LogP contribution in [-0.4, -0.2) is 21.3 Å². The van der Waals surface area contributed by atoms with Gasteiger partial charge in [-0.15, -0.1) is 0 Å². The normalized spacial score (nSPS) is 11.4. The Morgan fingerprint density at radius 1 is 1.04 bits per heavy atom. The fourth-order valence-corrected chi connectivity index (χ4v) is 2.65. The van der Waals surface area contributed by atoms with E-state index in [9.17, 15) is 5.26 Å². The fraction of sp³-hybridized carbons (Fsp3) is 0.278. The van der Waals surface area contributed by atoms with Gasteiger partial charge in [0.2, 0.25) is 5.75 Å². The lowest BCUT2D eigenvalue weighted by molar-refractivity contribution is 0.323. The van der Waals surface area contributed by atoms with Gasteiger partial charge in [-0.05, 0) is 41.8 Å². The largest absolute Gasteiger partial charge is 0.493 e. The van der Waals surface area contributed by atoms with Crippen molar-refractivity contribution in [3.8, 4) is 23.3 Å². The van der Waals surface area contributed by atoms with Crippen LogP contribution in [0.25, 0.3) is 0 Å². The second-order valence-electron chi connectivity index (χ2n) is 4.97. The van der Waals surface area contributed by atoms with Gasteiger partial charge >= 0.3 is 0 Å². The minimum atomic E-state index is -0.309. The minimum absolute atomic E-state index is 0.309. The molecule has 4 nitrogen and oxygen atoms in total. The predicted octanol–water partition coefficient (Wildman–Crippen LogP) is 4.22. The molecule has 1 unspecified atom stereocenters. The van der Waals surface area contributed by atoms with Crippen LogP contribution in [0.2, 0.25) is 5.02 Å². The second kappa shape index (κ2) is 7.75. The molecule has 0 amide bonds. The van der Waals surface area contributed by atoms with Crippen molar-refractivity contribution >= 4 is 11.6 Å². The van der Waals surface area contributed by atoms with E-state index in [2.05, 4.69) is 6.07 Å². The maximum absolute atomic E-state index is 9.51. The van der Waals surface area contributed by atoms with Crippen LogP contribution in [0.3, 0.4) is 0 Å². The third-order valence-electron chi connectivity index (χ3n) is 3.57. The van der Waals surface area contributed by atoms with E-state index in [4.69, 9.17) is 25.8 Å². The predicted molar refractivity (Wildman–Crippen MR) is 89.6 cm³/mol. The molecule has 0 fully saturated rings. The van der Waals surface area contributed by atoms with Gasteiger partial charge in [0.05, 0.1) is 33.3 Å². The summed E-state index contributed by atoms with van der Waals surface area (Å²) in [5.41, 5.74) is 1.81. The van der Waals surface area contributed by atoms with E-state index in [0.29, 0.717) is 28.7 Å². The lowest BCUT2D eigenvalue weighted by Gasteiger charge is -2.16. The van der Waals surface area contributed by atoms with E-state index in [0.717, 1.165) is 11.1 Å². The number of halogens is 1. The van der Waals surface area contributed by atoms with Crippen LogP contribution in [0, 0.1) is 11.3 Å². The number of nitriles is 1. The summed E-state index contributed by atoms with van der Waals surface area (Å²) in [6.07, 6.45) is 0.521. The van der Waals surface area contributed by atoms with E-state index in [1.54, 1.807) is 27.4 Å². The molecule has 2 aromatic carbocycles. The molecule has 0 heterocycles. The summed E-state index contributed by atoms with van der Waals surface area (Å²) in [7, 11) is 4.70. The van der Waals surface area contributed by atoms with E-state index in [1.807, 2.05) is 30.3 Å². The van der Waals surface area contributed by atoms with Gasteiger partial charge < -0.3 is 14.2 Å². The summed E-state index contributed by atoms with van der Waals surface area (Å²) in [6.45, 7) is 0. The zero-order valence-electron chi connectivity index (χ0n) is 13.3. The molecule has 0 radical (unpaired) electrons. The van der Waals surface area contributed by atoms with Crippen molar-refractivity contribution in [2.24, 2.45) is 0 Å². The molecule has 0 saturated heterocycles. The van der Waals surface area contributed by atoms with Crippen molar-refractivity contribution < 1.29 is 14.2 Å². The topological polar surface area (TPSA) is 51.5 Å². The van der Waals surface area contributed by atoms with E-state index < -0.39 is 0 Å². The van der Waals surface area contributed by atoms with Crippen molar-refractivity contribution in [1.29, 1.82) is 5.26 Å². The number of ether oxygens (including phenoxy) is 3. The van der Waals surface area contributed by atoms with Crippen LogP contribution in [0.5, 0.6) is 17.2 Å². The lowest BCUT2D eigenvalue weighted by atomic mass is 9.93. The summed E-state index contributed by atoms with van der Waals surface area (Å²) >= 11 is 6.02. The first-order chi connectivity index (χ1) is 11.1. The van der Waals surface area contributed by atoms with Crippen molar-refractivity contribution in [2.75, 3.05) is 21.3 Å². The molecule has 0 bridgehead atoms. The molecule has 0 aliphatic heterocycles. The van der Waals surface area contributed by atoms with Crippen molar-refractivity contribution in [2.45, 2.75) is 12.3 Å². The van der Waals surface area contributed by atoms with E-state index in [1.165, 1.54) is 0 Å². The average Bonchev–Trinajstić information content (AvgIpc) is 2.58. The molecule has 0 aromatic heterocycles. The van der Waals surface area contributed by atoms with Crippen LogP contribution in [0.15, 0.2) is 36.4 Å². The quantitative estimate of drug-likeness (QED) is 0.795. The van der Waals surface area contributed by atoms with E-state index >= 15 is 0 Å². The Hall–Kier alpha value is -2.38. The third-order valence-corrected chi connectivity index (χ3v) is 3.81. The summed E-state index contributed by atoms with van der Waals surface area (Å²) in [5.74, 6) is 1.38. The van der Waals surface area contributed by atoms with E-state index in [-0.39, 0.29) is 5.92 Å². The number of hydrogen-bond donors (Lipinski definition) is 0. The van der Waals surface area contributed by atoms with Crippen LogP contribution in [-0.2, 0) is 6.42 Å². The first-order valence-corrected chi connectivity index (χ1v) is 7.44. The Morgan fingerprint density at radius 2 is 1.70 bits per heavy atom. The molecular weight excluding hydrogens is 314 g/mol. The number of nitrogens with zero attached hydrogens (tertiary/aromatic N) is 1. The smallest absolute Gasteiger partial charge is 0.203 e. The van der Waals surface area contributed by atoms with Crippen LogP contribution >= 0.6 is 11.6 Å². The van der Waals surface area contributed by atoms with Gasteiger partial charge in [0.1, 0.15) is 0 Å². The SMILES string of the molecule is COc1cc(CC(C#N)c2cccc(Cl)c2)cc(OC)c1OC. The van der Waals surface area contributed by atoms with Gasteiger partial charge in [0.15, 0.2) is 11.5 Å². The fourth-order valence-electron chi connectivity index (χ4n) is 2.45. The maximum Gasteiger partial charge on any atom is 0.203 e. The van der Waals surface area contributed by atoms with Crippen LogP contribution in [0.1, 0.15) is 17.0 Å². The Kier molecular flexibility index (Phi) is 5.72. The summed E-state index contributed by atoms with van der Waals surface area (Å²) < 4.78 is 16.0. The molecular formula is C18H18ClNO3. The van der Waals surface area contributed by atoms with Gasteiger partial charge in [-0.2, -0.15) is 5.26 Å². The number of benzene rings is 2. The first-order valence-electron chi connectivity index (χ1n) is 7.06. The second-order valence-corrected chi connectivity index (χ2v) is 5.41. The number of rotatable bonds is 6. The van der Waals surface area contributed by atoms with Gasteiger partial charge in [0, 0.05) is 5.02 Å². The Morgan fingerprint density at radius 3 is 2.17 bits per heavy atom. The molecule has 120 valence electrons. The zero-order valence-corrected chi connectivity index (χ0v) is 14.1. The highest BCUT2D eigenvalue weighted by Gasteiger charge is 2.17. The molecule has 5 heteroatoms. The summed E-state index contributed by atoms with van der Waals surface area (Å²) in [5, 5.41) is 10.1. The highest BCUT2D eigenvalue weighted by atomic mass is 35.5. The Bertz CT molecular complexity index is 699. The van der Waals surface area contributed by atoms with Crippen molar-refractivity contribution in [1.82, 2.24) is 0 Å². The van der Waals surface area contributed by atoms with Gasteiger partial charge in [-0.1, -0.05) is 23.7 Å². The van der Waals surface area contributed by atoms with Crippen LogP contribution in [0.4, 0.5) is 0 Å². The Balaban J connectivity index is 2.36. The summed E-state index contributed by atoms with van der Waals surface area (Å²) in [6, 6.07) is 13.4. The molecule has 2 aromatic rings. The molecule has 2 rings (SSSR count). The lowest BCUT2D eigenvalue weighted by Crippen LogP contribution is -2.03. The molecule has 0 aliphatic rings. The van der Waals surface area contributed by atoms with Gasteiger partial charge in [-0.25, -0.2) is 0 Å². The standard InChI is InChI=1S/C18H18ClNO3/c1-21-16-8-12(9-17(22-2)18(16)23-3)7-14(11-20)13-5-4-6-15(19)10-13/h4-6,8-10,14H,7H2,1-3H3. The van der Waals surface area contributed by atoms with Crippen molar-refractivity contribution in [3.63, 3.8) is 0 Å². The van der Waals surface area contributed by atoms with Gasteiger partial charge in [-0.3, -0.25) is 0 Å². The molecule has 0 spiro atoms. The summed E-state index contributed by atoms with van der Waals surface area (Å²) in [4.78, 5) is 0. The molecule has 23 heavy (non-hydrogen) atoms. The molecule has 0 N–H and O–H groups in total. The van der Waals surface area contributed by atoms with Crippen molar-refractivity contribution in [3.05, 3.63) is 52.5 Å². The molecule has 0 saturated carbocycles. The molecule has 0 aliphatic carbocycles. The van der Waals surface area contributed by atoms with Crippen LogP contribution < -0.4 is 14.2 Å². The average molecular weight is 332 g/mol. The number of hydrogen-bond acceptors (Lipinski definition) is 4. The maximum atomic E-state index is 9.51. The first kappa shape index (κ1) is 17.0. The number of methoxy groups -OCH3 is 3. The monoisotopic (exact) mass is 331 g/mol. The zero-order chi connectivity index (χ0) is 16.8. The third kappa shape index (κ3) is 3.88. The highest BCUT2D eigenvalue weighted by molar-refractivity contribution is 6.30. The molecule has 1 atom stereocenters.